The summed E-state index contributed by atoms with van der Waals surface area (Å²) in [6.07, 6.45) is 5.01. The quantitative estimate of drug-likeness (QED) is 0.350. The molecule has 1 fully saturated rings. The summed E-state index contributed by atoms with van der Waals surface area (Å²) in [5.41, 5.74) is 2.89. The van der Waals surface area contributed by atoms with Gasteiger partial charge in [-0.2, -0.15) is 0 Å². The molecule has 1 atom stereocenters. The summed E-state index contributed by atoms with van der Waals surface area (Å²) in [6, 6.07) is 19.9. The monoisotopic (exact) mass is 579 g/mol. The van der Waals surface area contributed by atoms with Crippen LogP contribution >= 0.6 is 0 Å². The van der Waals surface area contributed by atoms with Crippen molar-refractivity contribution in [1.82, 2.24) is 10.2 Å². The molecule has 0 radical (unpaired) electrons. The maximum absolute atomic E-state index is 14.9. The molecule has 1 saturated carbocycles. The lowest BCUT2D eigenvalue weighted by Gasteiger charge is -2.34. The highest BCUT2D eigenvalue weighted by atomic mass is 32.2. The van der Waals surface area contributed by atoms with Crippen molar-refractivity contribution in [1.29, 1.82) is 0 Å². The Balaban J connectivity index is 1.76. The van der Waals surface area contributed by atoms with E-state index in [1.54, 1.807) is 44.2 Å². The number of rotatable bonds is 11. The summed E-state index contributed by atoms with van der Waals surface area (Å²) < 4.78 is 42.1. The average Bonchev–Trinajstić information content (AvgIpc) is 3.44. The Kier molecular flexibility index (Phi) is 9.81. The molecule has 1 aliphatic carbocycles. The second-order valence-corrected chi connectivity index (χ2v) is 12.7. The minimum Gasteiger partial charge on any atom is -0.352 e. The third-order valence-electron chi connectivity index (χ3n) is 7.64. The highest BCUT2D eigenvalue weighted by Gasteiger charge is 2.35. The van der Waals surface area contributed by atoms with E-state index in [9.17, 15) is 22.4 Å². The highest BCUT2D eigenvalue weighted by molar-refractivity contribution is 7.92. The zero-order valence-corrected chi connectivity index (χ0v) is 24.7. The molecule has 1 aliphatic rings. The fourth-order valence-corrected chi connectivity index (χ4v) is 6.47. The highest BCUT2D eigenvalue weighted by Crippen LogP contribution is 2.28. The number of hydrogen-bond donors (Lipinski definition) is 1. The molecule has 0 heterocycles. The predicted octanol–water partition coefficient (Wildman–Crippen LogP) is 4.91. The molecule has 7 nitrogen and oxygen atoms in total. The van der Waals surface area contributed by atoms with Crippen LogP contribution in [0.5, 0.6) is 0 Å². The van der Waals surface area contributed by atoms with Gasteiger partial charge in [0, 0.05) is 24.6 Å². The summed E-state index contributed by atoms with van der Waals surface area (Å²) in [5.74, 6) is -1.43. The molecule has 1 N–H and O–H groups in total. The number of para-hydroxylation sites is 1. The van der Waals surface area contributed by atoms with E-state index in [2.05, 4.69) is 5.32 Å². The first-order valence-corrected chi connectivity index (χ1v) is 15.8. The van der Waals surface area contributed by atoms with Gasteiger partial charge in [-0.1, -0.05) is 79.6 Å². The lowest BCUT2D eigenvalue weighted by molar-refractivity contribution is -0.140. The molecular formula is C32H38FN3O4S. The number of nitrogens with zero attached hydrogens (tertiary/aromatic N) is 2. The van der Waals surface area contributed by atoms with Crippen LogP contribution in [0.15, 0.2) is 72.8 Å². The van der Waals surface area contributed by atoms with Gasteiger partial charge < -0.3 is 10.2 Å². The van der Waals surface area contributed by atoms with Crippen molar-refractivity contribution in [2.45, 2.75) is 64.6 Å². The van der Waals surface area contributed by atoms with Crippen molar-refractivity contribution in [3.05, 3.63) is 101 Å². The van der Waals surface area contributed by atoms with Crippen molar-refractivity contribution in [3.8, 4) is 0 Å². The summed E-state index contributed by atoms with van der Waals surface area (Å²) >= 11 is 0. The fourth-order valence-electron chi connectivity index (χ4n) is 5.51. The Morgan fingerprint density at radius 3 is 2.15 bits per heavy atom. The molecule has 218 valence electrons. The van der Waals surface area contributed by atoms with Gasteiger partial charge >= 0.3 is 0 Å². The van der Waals surface area contributed by atoms with Crippen molar-refractivity contribution >= 4 is 27.5 Å². The van der Waals surface area contributed by atoms with E-state index in [1.807, 2.05) is 36.4 Å². The fraction of sp³-hybridized carbons (Fsp3) is 0.375. The molecule has 3 aromatic carbocycles. The largest absolute Gasteiger partial charge is 0.352 e. The van der Waals surface area contributed by atoms with E-state index in [0.717, 1.165) is 41.8 Å². The number of aryl methyl sites for hydroxylation is 2. The minimum atomic E-state index is -3.88. The van der Waals surface area contributed by atoms with Gasteiger partial charge in [0.2, 0.25) is 21.8 Å². The number of carbonyl (C=O) groups excluding carboxylic acids is 2. The predicted molar refractivity (Wildman–Crippen MR) is 159 cm³/mol. The SMILES string of the molecule is Cc1cccc(C)c1N(CC(=O)N(Cc1ccccc1F)C(Cc1ccccc1)C(=O)NC1CCCC1)S(C)(=O)=O. The molecule has 0 saturated heterocycles. The van der Waals surface area contributed by atoms with Gasteiger partial charge in [-0.3, -0.25) is 13.9 Å². The van der Waals surface area contributed by atoms with Crippen LogP contribution in [0, 0.1) is 19.7 Å². The van der Waals surface area contributed by atoms with E-state index < -0.39 is 34.3 Å². The first-order chi connectivity index (χ1) is 19.5. The third-order valence-corrected chi connectivity index (χ3v) is 8.75. The van der Waals surface area contributed by atoms with Gasteiger partial charge in [0.15, 0.2) is 0 Å². The van der Waals surface area contributed by atoms with Crippen LogP contribution in [0.4, 0.5) is 10.1 Å². The topological polar surface area (TPSA) is 86.8 Å². The van der Waals surface area contributed by atoms with Crippen LogP contribution in [-0.4, -0.2) is 50.0 Å². The van der Waals surface area contributed by atoms with Crippen molar-refractivity contribution < 1.29 is 22.4 Å². The van der Waals surface area contributed by atoms with Gasteiger partial charge in [0.25, 0.3) is 0 Å². The van der Waals surface area contributed by atoms with Crippen molar-refractivity contribution in [3.63, 3.8) is 0 Å². The van der Waals surface area contributed by atoms with Gasteiger partial charge in [0.1, 0.15) is 18.4 Å². The molecule has 0 spiro atoms. The van der Waals surface area contributed by atoms with E-state index in [1.165, 1.54) is 11.0 Å². The molecule has 9 heteroatoms. The number of anilines is 1. The van der Waals surface area contributed by atoms with E-state index in [4.69, 9.17) is 0 Å². The summed E-state index contributed by atoms with van der Waals surface area (Å²) in [7, 11) is -3.88. The molecule has 41 heavy (non-hydrogen) atoms. The lowest BCUT2D eigenvalue weighted by atomic mass is 10.0. The molecule has 1 unspecified atom stereocenters. The summed E-state index contributed by atoms with van der Waals surface area (Å²) in [6.45, 7) is 2.86. The number of amides is 2. The molecule has 0 bridgehead atoms. The number of sulfonamides is 1. The number of benzene rings is 3. The van der Waals surface area contributed by atoms with Gasteiger partial charge in [-0.05, 0) is 49.4 Å². The molecule has 2 amide bonds. The number of nitrogens with one attached hydrogen (secondary N) is 1. The Bertz CT molecular complexity index is 1450. The molecule has 3 aromatic rings. The Morgan fingerprint density at radius 1 is 0.927 bits per heavy atom. The van der Waals surface area contributed by atoms with E-state index >= 15 is 0 Å². The van der Waals surface area contributed by atoms with Crippen LogP contribution in [0.2, 0.25) is 0 Å². The Labute approximate surface area is 242 Å². The van der Waals surface area contributed by atoms with E-state index in [0.29, 0.717) is 16.8 Å². The summed E-state index contributed by atoms with van der Waals surface area (Å²) in [4.78, 5) is 29.4. The minimum absolute atomic E-state index is 0.00771. The zero-order valence-electron chi connectivity index (χ0n) is 23.8. The van der Waals surface area contributed by atoms with Crippen LogP contribution in [0.3, 0.4) is 0 Å². The van der Waals surface area contributed by atoms with E-state index in [-0.39, 0.29) is 30.5 Å². The van der Waals surface area contributed by atoms with Gasteiger partial charge in [-0.15, -0.1) is 0 Å². The normalized spacial score (nSPS) is 14.4. The first kappa shape index (κ1) is 30.2. The van der Waals surface area contributed by atoms with Crippen LogP contribution < -0.4 is 9.62 Å². The maximum Gasteiger partial charge on any atom is 0.244 e. The standard InChI is InChI=1S/C32H38FN3O4S/c1-23-12-11-13-24(2)31(23)36(41(3,39)40)22-30(37)35(21-26-16-7-10-19-28(26)33)29(20-25-14-5-4-6-15-25)32(38)34-27-17-8-9-18-27/h4-7,10-16,19,27,29H,8-9,17-18,20-22H2,1-3H3,(H,34,38). The lowest BCUT2D eigenvalue weighted by Crippen LogP contribution is -2.54. The second-order valence-electron chi connectivity index (χ2n) is 10.8. The molecule has 0 aromatic heterocycles. The van der Waals surface area contributed by atoms with Crippen LogP contribution in [0.25, 0.3) is 0 Å². The zero-order chi connectivity index (χ0) is 29.6. The van der Waals surface area contributed by atoms with Crippen molar-refractivity contribution in [2.75, 3.05) is 17.1 Å². The third kappa shape index (κ3) is 7.73. The molecule has 4 rings (SSSR count). The smallest absolute Gasteiger partial charge is 0.244 e. The van der Waals surface area contributed by atoms with Crippen LogP contribution in [-0.2, 0) is 32.6 Å². The maximum atomic E-state index is 14.9. The number of halogens is 1. The van der Waals surface area contributed by atoms with Crippen LogP contribution in [0.1, 0.15) is 47.9 Å². The number of hydrogen-bond acceptors (Lipinski definition) is 4. The second kappa shape index (κ2) is 13.3. The summed E-state index contributed by atoms with van der Waals surface area (Å²) in [5, 5.41) is 3.11. The first-order valence-electron chi connectivity index (χ1n) is 14.0. The Hall–Kier alpha value is -3.72. The van der Waals surface area contributed by atoms with Gasteiger partial charge in [-0.25, -0.2) is 12.8 Å². The molecular weight excluding hydrogens is 541 g/mol. The number of carbonyl (C=O) groups is 2. The Morgan fingerprint density at radius 2 is 1.54 bits per heavy atom. The van der Waals surface area contributed by atoms with Crippen molar-refractivity contribution in [2.24, 2.45) is 0 Å². The van der Waals surface area contributed by atoms with Gasteiger partial charge in [0.05, 0.1) is 11.9 Å². The molecule has 0 aliphatic heterocycles. The average molecular weight is 580 g/mol.